The summed E-state index contributed by atoms with van der Waals surface area (Å²) in [6.07, 6.45) is -0.438. The number of hydrogen-bond donors (Lipinski definition) is 1. The fourth-order valence-electron chi connectivity index (χ4n) is 1.96. The zero-order valence-electron chi connectivity index (χ0n) is 12.6. The van der Waals surface area contributed by atoms with Gasteiger partial charge in [-0.05, 0) is 36.8 Å². The monoisotopic (exact) mass is 318 g/mol. The zero-order valence-corrected chi connectivity index (χ0v) is 13.4. The Labute approximate surface area is 135 Å². The third kappa shape index (κ3) is 4.97. The second kappa shape index (κ2) is 7.71. The molecule has 1 N–H and O–H groups in total. The Bertz CT molecular complexity index is 602. The Balaban J connectivity index is 1.83. The van der Waals surface area contributed by atoms with Crippen LogP contribution in [0.3, 0.4) is 0 Å². The van der Waals surface area contributed by atoms with Gasteiger partial charge in [-0.3, -0.25) is 0 Å². The molecule has 0 spiro atoms. The van der Waals surface area contributed by atoms with Crippen molar-refractivity contribution in [3.8, 4) is 5.75 Å². The number of benzene rings is 2. The number of rotatable bonds is 5. The lowest BCUT2D eigenvalue weighted by Crippen LogP contribution is -2.43. The predicted molar refractivity (Wildman–Crippen MR) is 88.0 cm³/mol. The number of amides is 2. The predicted octanol–water partition coefficient (Wildman–Crippen LogP) is 3.91. The van der Waals surface area contributed by atoms with E-state index < -0.39 is 6.23 Å². The van der Waals surface area contributed by atoms with Gasteiger partial charge in [0.05, 0.1) is 0 Å². The molecule has 4 nitrogen and oxygen atoms in total. The lowest BCUT2D eigenvalue weighted by Gasteiger charge is -2.22. The molecule has 2 rings (SSSR count). The van der Waals surface area contributed by atoms with Crippen molar-refractivity contribution in [1.29, 1.82) is 0 Å². The Kier molecular flexibility index (Phi) is 5.67. The van der Waals surface area contributed by atoms with Gasteiger partial charge in [-0.2, -0.15) is 0 Å². The standard InChI is InChI=1S/C17H19ClN2O2/c1-13(22-16-10-8-15(18)9-11-16)19-17(21)20(2)12-14-6-4-3-5-7-14/h3-11,13H,12H2,1-2H3,(H,19,21). The minimum absolute atomic E-state index is 0.190. The average molecular weight is 319 g/mol. The lowest BCUT2D eigenvalue weighted by atomic mass is 10.2. The average Bonchev–Trinajstić information content (AvgIpc) is 2.50. The number of hydrogen-bond acceptors (Lipinski definition) is 2. The number of nitrogens with one attached hydrogen (secondary N) is 1. The second-order valence-corrected chi connectivity index (χ2v) is 5.44. The maximum absolute atomic E-state index is 12.1. The van der Waals surface area contributed by atoms with Crippen LogP contribution in [0.2, 0.25) is 5.02 Å². The van der Waals surface area contributed by atoms with E-state index in [1.54, 1.807) is 43.1 Å². The summed E-state index contributed by atoms with van der Waals surface area (Å²) in [5.41, 5.74) is 1.08. The topological polar surface area (TPSA) is 41.6 Å². The second-order valence-electron chi connectivity index (χ2n) is 5.01. The van der Waals surface area contributed by atoms with Crippen molar-refractivity contribution >= 4 is 17.6 Å². The number of carbonyl (C=O) groups is 1. The molecule has 1 unspecified atom stereocenters. The summed E-state index contributed by atoms with van der Waals surface area (Å²) in [4.78, 5) is 13.7. The van der Waals surface area contributed by atoms with Gasteiger partial charge in [0.1, 0.15) is 5.75 Å². The molecule has 0 saturated heterocycles. The van der Waals surface area contributed by atoms with E-state index in [1.165, 1.54) is 0 Å². The molecule has 1 atom stereocenters. The summed E-state index contributed by atoms with van der Waals surface area (Å²) < 4.78 is 5.62. The molecule has 2 amide bonds. The highest BCUT2D eigenvalue weighted by atomic mass is 35.5. The van der Waals surface area contributed by atoms with Gasteiger partial charge in [-0.15, -0.1) is 0 Å². The number of urea groups is 1. The van der Waals surface area contributed by atoms with E-state index in [0.717, 1.165) is 5.56 Å². The van der Waals surface area contributed by atoms with Crippen LogP contribution in [0, 0.1) is 0 Å². The van der Waals surface area contributed by atoms with Crippen LogP contribution in [0.4, 0.5) is 4.79 Å². The zero-order chi connectivity index (χ0) is 15.9. The Morgan fingerprint density at radius 1 is 1.18 bits per heavy atom. The third-order valence-corrected chi connectivity index (χ3v) is 3.31. The van der Waals surface area contributed by atoms with E-state index in [-0.39, 0.29) is 6.03 Å². The molecule has 0 bridgehead atoms. The van der Waals surface area contributed by atoms with Gasteiger partial charge in [0.2, 0.25) is 0 Å². The van der Waals surface area contributed by atoms with Gasteiger partial charge in [-0.25, -0.2) is 4.79 Å². The summed E-state index contributed by atoms with van der Waals surface area (Å²) in [6.45, 7) is 2.32. The molecule has 2 aromatic carbocycles. The van der Waals surface area contributed by atoms with Crippen molar-refractivity contribution in [2.45, 2.75) is 19.7 Å². The van der Waals surface area contributed by atoms with E-state index in [0.29, 0.717) is 17.3 Å². The van der Waals surface area contributed by atoms with E-state index in [4.69, 9.17) is 16.3 Å². The summed E-state index contributed by atoms with van der Waals surface area (Å²) in [5, 5.41) is 3.44. The first-order valence-electron chi connectivity index (χ1n) is 7.02. The molecule has 0 aliphatic carbocycles. The highest BCUT2D eigenvalue weighted by molar-refractivity contribution is 6.30. The first kappa shape index (κ1) is 16.2. The smallest absolute Gasteiger partial charge is 0.320 e. The number of ether oxygens (including phenoxy) is 1. The fourth-order valence-corrected chi connectivity index (χ4v) is 2.09. The van der Waals surface area contributed by atoms with Crippen molar-refractivity contribution in [2.75, 3.05) is 7.05 Å². The maximum atomic E-state index is 12.1. The molecule has 0 fully saturated rings. The normalized spacial score (nSPS) is 11.6. The van der Waals surface area contributed by atoms with Crippen molar-refractivity contribution in [3.63, 3.8) is 0 Å². The SMILES string of the molecule is CC(NC(=O)N(C)Cc1ccccc1)Oc1ccc(Cl)cc1. The molecule has 0 aliphatic rings. The van der Waals surface area contributed by atoms with E-state index >= 15 is 0 Å². The lowest BCUT2D eigenvalue weighted by molar-refractivity contribution is 0.158. The summed E-state index contributed by atoms with van der Waals surface area (Å²) in [5.74, 6) is 0.655. The van der Waals surface area contributed by atoms with Gasteiger partial charge in [0.25, 0.3) is 0 Å². The van der Waals surface area contributed by atoms with Crippen LogP contribution >= 0.6 is 11.6 Å². The van der Waals surface area contributed by atoms with E-state index in [9.17, 15) is 4.79 Å². The van der Waals surface area contributed by atoms with Crippen LogP contribution in [-0.4, -0.2) is 24.2 Å². The molecule has 0 heterocycles. The van der Waals surface area contributed by atoms with Crippen LogP contribution in [0.1, 0.15) is 12.5 Å². The molecule has 116 valence electrons. The van der Waals surface area contributed by atoms with Gasteiger partial charge in [-0.1, -0.05) is 41.9 Å². The van der Waals surface area contributed by atoms with Gasteiger partial charge in [0, 0.05) is 18.6 Å². The highest BCUT2D eigenvalue weighted by Crippen LogP contribution is 2.16. The first-order chi connectivity index (χ1) is 10.5. The third-order valence-electron chi connectivity index (χ3n) is 3.06. The quantitative estimate of drug-likeness (QED) is 0.849. The fraction of sp³-hybridized carbons (Fsp3) is 0.235. The van der Waals surface area contributed by atoms with Crippen molar-refractivity contribution in [3.05, 3.63) is 65.2 Å². The minimum atomic E-state index is -0.438. The number of nitrogens with zero attached hydrogens (tertiary/aromatic N) is 1. The van der Waals surface area contributed by atoms with Crippen LogP contribution < -0.4 is 10.1 Å². The minimum Gasteiger partial charge on any atom is -0.471 e. The number of carbonyl (C=O) groups excluding carboxylic acids is 1. The molecule has 0 aromatic heterocycles. The summed E-state index contributed by atoms with van der Waals surface area (Å²) >= 11 is 5.82. The molecular formula is C17H19ClN2O2. The summed E-state index contributed by atoms with van der Waals surface area (Å²) in [7, 11) is 1.75. The van der Waals surface area contributed by atoms with Gasteiger partial charge in [0.15, 0.2) is 6.23 Å². The maximum Gasteiger partial charge on any atom is 0.320 e. The van der Waals surface area contributed by atoms with Crippen molar-refractivity contribution in [2.24, 2.45) is 0 Å². The van der Waals surface area contributed by atoms with Crippen LogP contribution in [0.15, 0.2) is 54.6 Å². The summed E-state index contributed by atoms with van der Waals surface area (Å²) in [6, 6.07) is 16.6. The molecular weight excluding hydrogens is 300 g/mol. The highest BCUT2D eigenvalue weighted by Gasteiger charge is 2.13. The van der Waals surface area contributed by atoms with Crippen molar-refractivity contribution < 1.29 is 9.53 Å². The first-order valence-corrected chi connectivity index (χ1v) is 7.40. The van der Waals surface area contributed by atoms with Crippen LogP contribution in [-0.2, 0) is 6.54 Å². The van der Waals surface area contributed by atoms with Gasteiger partial charge >= 0.3 is 6.03 Å². The molecule has 0 saturated carbocycles. The molecule has 5 heteroatoms. The van der Waals surface area contributed by atoms with E-state index in [2.05, 4.69) is 5.32 Å². The number of halogens is 1. The van der Waals surface area contributed by atoms with Gasteiger partial charge < -0.3 is 15.0 Å². The Morgan fingerprint density at radius 3 is 2.45 bits per heavy atom. The molecule has 0 radical (unpaired) electrons. The Hall–Kier alpha value is -2.20. The van der Waals surface area contributed by atoms with Crippen LogP contribution in [0.5, 0.6) is 5.75 Å². The van der Waals surface area contributed by atoms with Crippen molar-refractivity contribution in [1.82, 2.24) is 10.2 Å². The van der Waals surface area contributed by atoms with Crippen LogP contribution in [0.25, 0.3) is 0 Å². The molecule has 2 aromatic rings. The molecule has 22 heavy (non-hydrogen) atoms. The molecule has 0 aliphatic heterocycles. The Morgan fingerprint density at radius 2 is 1.82 bits per heavy atom. The largest absolute Gasteiger partial charge is 0.471 e. The van der Waals surface area contributed by atoms with E-state index in [1.807, 2.05) is 30.3 Å².